The van der Waals surface area contributed by atoms with Crippen molar-refractivity contribution in [3.63, 3.8) is 0 Å². The zero-order chi connectivity index (χ0) is 9.94. The third-order valence-corrected chi connectivity index (χ3v) is 1.47. The molecule has 0 rings (SSSR count). The molecule has 0 aromatic carbocycles. The predicted octanol–water partition coefficient (Wildman–Crippen LogP) is 1.55. The van der Waals surface area contributed by atoms with Gasteiger partial charge in [-0.3, -0.25) is 9.59 Å². The van der Waals surface area contributed by atoms with Crippen LogP contribution in [-0.2, 0) is 14.3 Å². The van der Waals surface area contributed by atoms with Crippen molar-refractivity contribution >= 4 is 11.8 Å². The highest BCUT2D eigenvalue weighted by Crippen LogP contribution is 2.16. The monoisotopic (exact) mass is 172 g/mol. The van der Waals surface area contributed by atoms with Crippen LogP contribution < -0.4 is 0 Å². The number of esters is 1. The van der Waals surface area contributed by atoms with Gasteiger partial charge in [-0.25, -0.2) is 0 Å². The van der Waals surface area contributed by atoms with Crippen molar-refractivity contribution in [2.75, 3.05) is 0 Å². The van der Waals surface area contributed by atoms with Gasteiger partial charge in [0.1, 0.15) is 0 Å². The number of hydrogen-bond donors (Lipinski definition) is 0. The first-order chi connectivity index (χ1) is 5.25. The van der Waals surface area contributed by atoms with Crippen LogP contribution in [-0.4, -0.2) is 17.9 Å². The molecule has 0 spiro atoms. The summed E-state index contributed by atoms with van der Waals surface area (Å²) in [7, 11) is 0. The minimum Gasteiger partial charge on any atom is -0.454 e. The van der Waals surface area contributed by atoms with Crippen LogP contribution in [0.3, 0.4) is 0 Å². The van der Waals surface area contributed by atoms with E-state index < -0.39 is 11.5 Å². The molecule has 0 aromatic heterocycles. The summed E-state index contributed by atoms with van der Waals surface area (Å²) in [6, 6.07) is 0. The van der Waals surface area contributed by atoms with E-state index in [1.54, 1.807) is 27.7 Å². The number of hydrogen-bond acceptors (Lipinski definition) is 3. The van der Waals surface area contributed by atoms with Crippen LogP contribution in [0.2, 0.25) is 0 Å². The highest BCUT2D eigenvalue weighted by Gasteiger charge is 2.25. The van der Waals surface area contributed by atoms with Crippen molar-refractivity contribution in [1.29, 1.82) is 0 Å². The fourth-order valence-electron chi connectivity index (χ4n) is 0.420. The quantitative estimate of drug-likeness (QED) is 0.593. The Morgan fingerprint density at radius 1 is 1.25 bits per heavy atom. The van der Waals surface area contributed by atoms with Gasteiger partial charge in [-0.15, -0.1) is 0 Å². The first-order valence-electron chi connectivity index (χ1n) is 3.96. The van der Waals surface area contributed by atoms with Crippen LogP contribution in [0, 0.1) is 5.41 Å². The van der Waals surface area contributed by atoms with E-state index in [9.17, 15) is 9.59 Å². The largest absolute Gasteiger partial charge is 0.454 e. The van der Waals surface area contributed by atoms with E-state index in [1.807, 2.05) is 0 Å². The van der Waals surface area contributed by atoms with Gasteiger partial charge < -0.3 is 4.74 Å². The lowest BCUT2D eigenvalue weighted by Gasteiger charge is -2.19. The van der Waals surface area contributed by atoms with Gasteiger partial charge in [0.15, 0.2) is 11.9 Å². The second-order valence-corrected chi connectivity index (χ2v) is 3.91. The molecule has 0 aromatic rings. The van der Waals surface area contributed by atoms with Gasteiger partial charge in [0, 0.05) is 0 Å². The minimum atomic E-state index is -0.628. The fraction of sp³-hybridized carbons (Fsp3) is 0.778. The SMILES string of the molecule is CC(=O)[C@H](C)OC(=O)C(C)(C)C. The maximum Gasteiger partial charge on any atom is 0.311 e. The molecule has 12 heavy (non-hydrogen) atoms. The van der Waals surface area contributed by atoms with Crippen LogP contribution in [0.25, 0.3) is 0 Å². The highest BCUT2D eigenvalue weighted by molar-refractivity contribution is 5.84. The Bertz CT molecular complexity index is 188. The van der Waals surface area contributed by atoms with Gasteiger partial charge in [0.05, 0.1) is 5.41 Å². The van der Waals surface area contributed by atoms with Gasteiger partial charge in [-0.2, -0.15) is 0 Å². The summed E-state index contributed by atoms with van der Waals surface area (Å²) < 4.78 is 4.89. The lowest BCUT2D eigenvalue weighted by Crippen LogP contribution is -2.30. The van der Waals surface area contributed by atoms with Crippen molar-refractivity contribution < 1.29 is 14.3 Å². The number of carbonyl (C=O) groups excluding carboxylic acids is 2. The Morgan fingerprint density at radius 3 is 1.92 bits per heavy atom. The summed E-state index contributed by atoms with van der Waals surface area (Å²) in [5.41, 5.74) is -0.538. The molecular formula is C9H16O3. The van der Waals surface area contributed by atoms with E-state index in [0.717, 1.165) is 0 Å². The fourth-order valence-corrected chi connectivity index (χ4v) is 0.420. The molecule has 0 radical (unpaired) electrons. The molecule has 0 unspecified atom stereocenters. The molecule has 0 saturated heterocycles. The molecule has 70 valence electrons. The molecule has 0 aliphatic rings. The van der Waals surface area contributed by atoms with Gasteiger partial charge in [0.2, 0.25) is 0 Å². The average Bonchev–Trinajstić information content (AvgIpc) is 1.85. The highest BCUT2D eigenvalue weighted by atomic mass is 16.5. The molecule has 0 aliphatic heterocycles. The van der Waals surface area contributed by atoms with Crippen LogP contribution in [0.5, 0.6) is 0 Å². The Kier molecular flexibility index (Phi) is 3.43. The van der Waals surface area contributed by atoms with E-state index in [0.29, 0.717) is 0 Å². The van der Waals surface area contributed by atoms with E-state index in [-0.39, 0.29) is 11.8 Å². The van der Waals surface area contributed by atoms with Crippen LogP contribution >= 0.6 is 0 Å². The number of Topliss-reactive ketones (excluding diaryl/α,β-unsaturated/α-hetero) is 1. The van der Waals surface area contributed by atoms with Crippen LogP contribution in [0.15, 0.2) is 0 Å². The summed E-state index contributed by atoms with van der Waals surface area (Å²) in [5.74, 6) is -0.474. The summed E-state index contributed by atoms with van der Waals surface area (Å²) in [6.45, 7) is 8.24. The summed E-state index contributed by atoms with van der Waals surface area (Å²) in [4.78, 5) is 21.9. The van der Waals surface area contributed by atoms with Crippen LogP contribution in [0.1, 0.15) is 34.6 Å². The van der Waals surface area contributed by atoms with Crippen molar-refractivity contribution in [3.8, 4) is 0 Å². The Hall–Kier alpha value is -0.860. The van der Waals surface area contributed by atoms with E-state index in [1.165, 1.54) is 6.92 Å². The van der Waals surface area contributed by atoms with Crippen molar-refractivity contribution in [3.05, 3.63) is 0 Å². The molecule has 0 fully saturated rings. The number of ether oxygens (including phenoxy) is 1. The normalized spacial score (nSPS) is 13.8. The molecule has 0 N–H and O–H groups in total. The third-order valence-electron chi connectivity index (χ3n) is 1.47. The maximum absolute atomic E-state index is 11.2. The first-order valence-corrected chi connectivity index (χ1v) is 3.96. The summed E-state index contributed by atoms with van der Waals surface area (Å²) >= 11 is 0. The standard InChI is InChI=1S/C9H16O3/c1-6(10)7(2)12-8(11)9(3,4)5/h7H,1-5H3/t7-/m0/s1. The van der Waals surface area contributed by atoms with Crippen molar-refractivity contribution in [2.24, 2.45) is 5.41 Å². The third kappa shape index (κ3) is 3.51. The van der Waals surface area contributed by atoms with E-state index in [2.05, 4.69) is 0 Å². The van der Waals surface area contributed by atoms with Crippen LogP contribution in [0.4, 0.5) is 0 Å². The molecule has 3 nitrogen and oxygen atoms in total. The Labute approximate surface area is 73.1 Å². The Balaban J connectivity index is 4.11. The van der Waals surface area contributed by atoms with Crippen molar-refractivity contribution in [2.45, 2.75) is 40.7 Å². The topological polar surface area (TPSA) is 43.4 Å². The first kappa shape index (κ1) is 11.1. The molecule has 1 atom stereocenters. The summed E-state index contributed by atoms with van der Waals surface area (Å²) in [6.07, 6.45) is -0.628. The molecule has 0 amide bonds. The summed E-state index contributed by atoms with van der Waals surface area (Å²) in [5, 5.41) is 0. The van der Waals surface area contributed by atoms with E-state index >= 15 is 0 Å². The van der Waals surface area contributed by atoms with Gasteiger partial charge >= 0.3 is 5.97 Å². The smallest absolute Gasteiger partial charge is 0.311 e. The number of carbonyl (C=O) groups is 2. The minimum absolute atomic E-state index is 0.132. The second-order valence-electron chi connectivity index (χ2n) is 3.91. The van der Waals surface area contributed by atoms with Crippen molar-refractivity contribution in [1.82, 2.24) is 0 Å². The predicted molar refractivity (Wildman–Crippen MR) is 45.7 cm³/mol. The second kappa shape index (κ2) is 3.70. The van der Waals surface area contributed by atoms with E-state index in [4.69, 9.17) is 4.74 Å². The lowest BCUT2D eigenvalue weighted by atomic mass is 9.97. The molecular weight excluding hydrogens is 156 g/mol. The lowest BCUT2D eigenvalue weighted by molar-refractivity contribution is -0.161. The van der Waals surface area contributed by atoms with Gasteiger partial charge in [-0.1, -0.05) is 0 Å². The number of ketones is 1. The van der Waals surface area contributed by atoms with Gasteiger partial charge in [-0.05, 0) is 34.6 Å². The zero-order valence-electron chi connectivity index (χ0n) is 8.30. The average molecular weight is 172 g/mol. The maximum atomic E-state index is 11.2. The molecule has 0 aliphatic carbocycles. The molecule has 0 heterocycles. The van der Waals surface area contributed by atoms with Gasteiger partial charge in [0.25, 0.3) is 0 Å². The molecule has 3 heteroatoms. The molecule has 0 saturated carbocycles. The number of rotatable bonds is 2. The zero-order valence-corrected chi connectivity index (χ0v) is 8.30. The molecule has 0 bridgehead atoms. The Morgan fingerprint density at radius 2 is 1.67 bits per heavy atom.